The summed E-state index contributed by atoms with van der Waals surface area (Å²) in [5.41, 5.74) is 20.3. The van der Waals surface area contributed by atoms with Crippen LogP contribution in [0.2, 0.25) is 0 Å². The number of anilines is 6. The van der Waals surface area contributed by atoms with Crippen LogP contribution < -0.4 is 9.80 Å². The first-order valence-electron chi connectivity index (χ1n) is 23.6. The van der Waals surface area contributed by atoms with Gasteiger partial charge in [-0.1, -0.05) is 182 Å². The van der Waals surface area contributed by atoms with Gasteiger partial charge in [0.2, 0.25) is 0 Å². The molecule has 1 spiro atoms. The van der Waals surface area contributed by atoms with Crippen LogP contribution in [0.5, 0.6) is 0 Å². The van der Waals surface area contributed by atoms with Gasteiger partial charge in [-0.15, -0.1) is 11.3 Å². The molecule has 0 fully saturated rings. The van der Waals surface area contributed by atoms with E-state index in [1.54, 1.807) is 11.3 Å². The summed E-state index contributed by atoms with van der Waals surface area (Å²) >= 11 is 1.80. The van der Waals surface area contributed by atoms with Crippen molar-refractivity contribution >= 4 is 66.5 Å². The minimum Gasteiger partial charge on any atom is -0.455 e. The number of nitrogens with zero attached hydrogens (tertiary/aromatic N) is 2. The number of benzene rings is 10. The van der Waals surface area contributed by atoms with E-state index in [4.69, 9.17) is 4.42 Å². The van der Waals surface area contributed by atoms with Crippen molar-refractivity contribution in [3.8, 4) is 44.7 Å². The maximum atomic E-state index is 6.64. The van der Waals surface area contributed by atoms with Gasteiger partial charge in [0, 0.05) is 43.8 Å². The van der Waals surface area contributed by atoms with E-state index in [0.717, 1.165) is 56.2 Å². The van der Waals surface area contributed by atoms with Crippen LogP contribution in [0.1, 0.15) is 22.3 Å². The largest absolute Gasteiger partial charge is 0.455 e. The predicted molar refractivity (Wildman–Crippen MR) is 288 cm³/mol. The normalized spacial score (nSPS) is 13.0. The summed E-state index contributed by atoms with van der Waals surface area (Å²) in [5.74, 6) is 0.874. The first kappa shape index (κ1) is 39.5. The van der Waals surface area contributed by atoms with Gasteiger partial charge >= 0.3 is 0 Å². The quantitative estimate of drug-likeness (QED) is 0.159. The standard InChI is InChI=1S/C65H42N2OS/c1-3-18-44(19-4-1)63-61(52-26-8-14-35-60(52)68-63)43-36-38-48(39-37-43)66(49-24-15-21-46(42-49)50-27-16-20-45-40-41-69-64(45)50)59-34-17-31-56-62(59)51-25-7-9-28-53(51)65(56)54-29-10-12-32-57(54)67(47-22-5-2-6-23-47)58-33-13-11-30-55(58)65/h1-42H. The number of hydrogen-bond donors (Lipinski definition) is 0. The Morgan fingerprint density at radius 3 is 1.84 bits per heavy atom. The average molecular weight is 899 g/mol. The second kappa shape index (κ2) is 15.7. The molecule has 0 radical (unpaired) electrons. The van der Waals surface area contributed by atoms with E-state index >= 15 is 0 Å². The molecule has 12 aromatic rings. The highest BCUT2D eigenvalue weighted by Gasteiger charge is 2.52. The SMILES string of the molecule is c1ccc(-c2oc3ccccc3c2-c2ccc(N(c3cccc(-c4cccc5ccsc45)c3)c3cccc4c3-c3ccccc3C43c4ccccc4N(c4ccccc4)c4ccccc43)cc2)cc1. The Balaban J connectivity index is 1.01. The Kier molecular flexibility index (Phi) is 8.98. The Labute approximate surface area is 405 Å². The van der Waals surface area contributed by atoms with Gasteiger partial charge in [0.1, 0.15) is 11.3 Å². The van der Waals surface area contributed by atoms with Crippen molar-refractivity contribution in [1.82, 2.24) is 0 Å². The van der Waals surface area contributed by atoms with Crippen molar-refractivity contribution in [2.75, 3.05) is 9.80 Å². The third-order valence-electron chi connectivity index (χ3n) is 14.3. The van der Waals surface area contributed by atoms with Crippen LogP contribution in [0.4, 0.5) is 34.1 Å². The lowest BCUT2D eigenvalue weighted by molar-refractivity contribution is 0.632. The summed E-state index contributed by atoms with van der Waals surface area (Å²) in [7, 11) is 0. The molecule has 324 valence electrons. The second-order valence-corrected chi connectivity index (χ2v) is 18.9. The highest BCUT2D eigenvalue weighted by Crippen LogP contribution is 2.65. The van der Waals surface area contributed by atoms with Gasteiger partial charge in [0.15, 0.2) is 0 Å². The minimum absolute atomic E-state index is 0.594. The highest BCUT2D eigenvalue weighted by atomic mass is 32.1. The van der Waals surface area contributed by atoms with E-state index in [9.17, 15) is 0 Å². The summed E-state index contributed by atoms with van der Waals surface area (Å²) in [6.07, 6.45) is 0. The molecule has 3 nitrogen and oxygen atoms in total. The Morgan fingerprint density at radius 1 is 0.420 bits per heavy atom. The van der Waals surface area contributed by atoms with Crippen molar-refractivity contribution in [2.45, 2.75) is 5.41 Å². The molecule has 2 aliphatic rings. The number of para-hydroxylation sites is 4. The minimum atomic E-state index is -0.594. The van der Waals surface area contributed by atoms with E-state index in [0.29, 0.717) is 0 Å². The molecular formula is C65H42N2OS. The van der Waals surface area contributed by atoms with Crippen molar-refractivity contribution in [1.29, 1.82) is 0 Å². The molecule has 0 saturated carbocycles. The van der Waals surface area contributed by atoms with Crippen LogP contribution in [0.3, 0.4) is 0 Å². The van der Waals surface area contributed by atoms with Crippen molar-refractivity contribution in [3.05, 3.63) is 276 Å². The molecule has 0 N–H and O–H groups in total. The van der Waals surface area contributed by atoms with Crippen LogP contribution in [0.25, 0.3) is 65.8 Å². The number of fused-ring (bicyclic) bond motifs is 11. The van der Waals surface area contributed by atoms with E-state index < -0.39 is 5.41 Å². The molecule has 14 rings (SSSR count). The average Bonchev–Trinajstić information content (AvgIpc) is 4.14. The Bertz CT molecular complexity index is 3880. The molecule has 4 heteroatoms. The molecule has 69 heavy (non-hydrogen) atoms. The Morgan fingerprint density at radius 2 is 1.04 bits per heavy atom. The second-order valence-electron chi connectivity index (χ2n) is 17.9. The molecular weight excluding hydrogens is 857 g/mol. The lowest BCUT2D eigenvalue weighted by Gasteiger charge is -2.45. The molecule has 0 amide bonds. The van der Waals surface area contributed by atoms with Crippen LogP contribution in [-0.2, 0) is 5.41 Å². The van der Waals surface area contributed by atoms with Gasteiger partial charge in [-0.05, 0) is 122 Å². The first-order chi connectivity index (χ1) is 34.3. The van der Waals surface area contributed by atoms with E-state index in [2.05, 4.69) is 258 Å². The topological polar surface area (TPSA) is 19.6 Å². The van der Waals surface area contributed by atoms with Crippen molar-refractivity contribution in [2.24, 2.45) is 0 Å². The lowest BCUT2D eigenvalue weighted by atomic mass is 9.64. The smallest absolute Gasteiger partial charge is 0.143 e. The zero-order valence-electron chi connectivity index (χ0n) is 37.5. The molecule has 2 aromatic heterocycles. The molecule has 1 aliphatic carbocycles. The van der Waals surface area contributed by atoms with Gasteiger partial charge in [-0.25, -0.2) is 0 Å². The van der Waals surface area contributed by atoms with Crippen LogP contribution in [0.15, 0.2) is 259 Å². The summed E-state index contributed by atoms with van der Waals surface area (Å²) in [6.45, 7) is 0. The predicted octanol–water partition coefficient (Wildman–Crippen LogP) is 18.3. The van der Waals surface area contributed by atoms with Gasteiger partial charge < -0.3 is 14.2 Å². The van der Waals surface area contributed by atoms with E-state index in [-0.39, 0.29) is 0 Å². The van der Waals surface area contributed by atoms with Gasteiger partial charge in [0.25, 0.3) is 0 Å². The number of hydrogen-bond acceptors (Lipinski definition) is 4. The molecule has 0 unspecified atom stereocenters. The number of furan rings is 1. The zero-order valence-corrected chi connectivity index (χ0v) is 38.3. The molecule has 3 heterocycles. The fourth-order valence-corrected chi connectivity index (χ4v) is 12.5. The first-order valence-corrected chi connectivity index (χ1v) is 24.5. The molecule has 10 aromatic carbocycles. The maximum Gasteiger partial charge on any atom is 0.143 e. The monoisotopic (exact) mass is 898 g/mol. The van der Waals surface area contributed by atoms with Gasteiger partial charge in [-0.3, -0.25) is 0 Å². The van der Waals surface area contributed by atoms with E-state index in [1.807, 2.05) is 6.07 Å². The molecule has 0 bridgehead atoms. The van der Waals surface area contributed by atoms with Crippen LogP contribution >= 0.6 is 11.3 Å². The summed E-state index contributed by atoms with van der Waals surface area (Å²) in [4.78, 5) is 4.93. The molecule has 1 aliphatic heterocycles. The van der Waals surface area contributed by atoms with Gasteiger partial charge in [0.05, 0.1) is 22.5 Å². The number of thiophene rings is 1. The van der Waals surface area contributed by atoms with Crippen molar-refractivity contribution < 1.29 is 4.42 Å². The number of rotatable bonds is 7. The lowest BCUT2D eigenvalue weighted by Crippen LogP contribution is -2.36. The Hall–Kier alpha value is -8.70. The van der Waals surface area contributed by atoms with E-state index in [1.165, 1.54) is 66.0 Å². The fraction of sp³-hybridized carbons (Fsp3) is 0.0154. The highest BCUT2D eigenvalue weighted by molar-refractivity contribution is 7.17. The third-order valence-corrected chi connectivity index (χ3v) is 15.3. The van der Waals surface area contributed by atoms with Crippen molar-refractivity contribution in [3.63, 3.8) is 0 Å². The summed E-state index contributed by atoms with van der Waals surface area (Å²) in [5, 5.41) is 4.55. The molecule has 0 saturated heterocycles. The third kappa shape index (κ3) is 5.92. The summed E-state index contributed by atoms with van der Waals surface area (Å²) in [6, 6.07) is 90.9. The fourth-order valence-electron chi connectivity index (χ4n) is 11.5. The maximum absolute atomic E-state index is 6.64. The van der Waals surface area contributed by atoms with Crippen LogP contribution in [-0.4, -0.2) is 0 Å². The zero-order chi connectivity index (χ0) is 45.5. The summed E-state index contributed by atoms with van der Waals surface area (Å²) < 4.78 is 7.94. The van der Waals surface area contributed by atoms with Crippen LogP contribution in [0, 0.1) is 0 Å². The van der Waals surface area contributed by atoms with Gasteiger partial charge in [-0.2, -0.15) is 0 Å². The molecule has 0 atom stereocenters.